The Labute approximate surface area is 137 Å². The van der Waals surface area contributed by atoms with Crippen LogP contribution in [0.15, 0.2) is 67.0 Å². The fourth-order valence-corrected chi connectivity index (χ4v) is 2.90. The van der Waals surface area contributed by atoms with Gasteiger partial charge in [0.25, 0.3) is 0 Å². The van der Waals surface area contributed by atoms with E-state index in [9.17, 15) is 9.18 Å². The minimum Gasteiger partial charge on any atom is -0.322 e. The van der Waals surface area contributed by atoms with Crippen LogP contribution in [0.3, 0.4) is 0 Å². The molecule has 3 aromatic rings. The lowest BCUT2D eigenvalue weighted by molar-refractivity contribution is -0.111. The highest BCUT2D eigenvalue weighted by Crippen LogP contribution is 2.28. The molecular weight excluding hydrogens is 311 g/mol. The van der Waals surface area contributed by atoms with Crippen LogP contribution in [0.4, 0.5) is 10.1 Å². The minimum absolute atomic E-state index is 0.201. The Balaban J connectivity index is 1.66. The summed E-state index contributed by atoms with van der Waals surface area (Å²) in [7, 11) is 0. The van der Waals surface area contributed by atoms with Crippen LogP contribution >= 0.6 is 11.3 Å². The van der Waals surface area contributed by atoms with Gasteiger partial charge in [-0.1, -0.05) is 12.1 Å². The Kier molecular flexibility index (Phi) is 4.59. The Morgan fingerprint density at radius 1 is 1.04 bits per heavy atom. The summed E-state index contributed by atoms with van der Waals surface area (Å²) in [6.45, 7) is 0. The van der Waals surface area contributed by atoms with Gasteiger partial charge >= 0.3 is 0 Å². The number of thiophene rings is 1. The predicted molar refractivity (Wildman–Crippen MR) is 91.6 cm³/mol. The molecule has 2 heterocycles. The number of pyridine rings is 1. The zero-order valence-corrected chi connectivity index (χ0v) is 12.9. The van der Waals surface area contributed by atoms with Gasteiger partial charge < -0.3 is 5.32 Å². The number of nitrogens with zero attached hydrogens (tertiary/aromatic N) is 1. The molecule has 1 N–H and O–H groups in total. The molecule has 3 nitrogen and oxygen atoms in total. The Bertz CT molecular complexity index is 826. The summed E-state index contributed by atoms with van der Waals surface area (Å²) in [5.41, 5.74) is 1.66. The summed E-state index contributed by atoms with van der Waals surface area (Å²) in [5.74, 6) is -0.453. The molecule has 0 aliphatic rings. The lowest BCUT2D eigenvalue weighted by Crippen LogP contribution is -2.07. The van der Waals surface area contributed by atoms with Gasteiger partial charge in [-0.05, 0) is 48.0 Å². The predicted octanol–water partition coefficient (Wildman–Crippen LogP) is 4.60. The van der Waals surface area contributed by atoms with Crippen LogP contribution in [0.2, 0.25) is 0 Å². The standard InChI is InChI=1S/C18H13FN2OS/c19-14-3-1-13(2-4-14)17-7-5-16(23-17)6-8-18(22)21-15-9-11-20-12-10-15/h1-12H,(H,20,21,22)/b8-6+. The number of rotatable bonds is 4. The maximum absolute atomic E-state index is 12.9. The van der Waals surface area contributed by atoms with Crippen LogP contribution in [0.1, 0.15) is 4.88 Å². The topological polar surface area (TPSA) is 42.0 Å². The average molecular weight is 324 g/mol. The van der Waals surface area contributed by atoms with Crippen molar-refractivity contribution in [1.29, 1.82) is 0 Å². The summed E-state index contributed by atoms with van der Waals surface area (Å²) in [6.07, 6.45) is 6.48. The van der Waals surface area contributed by atoms with Gasteiger partial charge in [-0.25, -0.2) is 4.39 Å². The summed E-state index contributed by atoms with van der Waals surface area (Å²) in [5, 5.41) is 2.75. The second kappa shape index (κ2) is 6.98. The highest BCUT2D eigenvalue weighted by atomic mass is 32.1. The van der Waals surface area contributed by atoms with E-state index < -0.39 is 0 Å². The first-order chi connectivity index (χ1) is 11.2. The number of hydrogen-bond donors (Lipinski definition) is 1. The number of anilines is 1. The van der Waals surface area contributed by atoms with Crippen molar-refractivity contribution < 1.29 is 9.18 Å². The van der Waals surface area contributed by atoms with Crippen molar-refractivity contribution in [3.8, 4) is 10.4 Å². The third kappa shape index (κ3) is 4.11. The van der Waals surface area contributed by atoms with E-state index in [4.69, 9.17) is 0 Å². The summed E-state index contributed by atoms with van der Waals surface area (Å²) in [6, 6.07) is 13.7. The molecule has 0 spiro atoms. The molecule has 0 bridgehead atoms. The number of carbonyl (C=O) groups is 1. The Hall–Kier alpha value is -2.79. The first-order valence-electron chi connectivity index (χ1n) is 6.95. The molecular formula is C18H13FN2OS. The number of hydrogen-bond acceptors (Lipinski definition) is 3. The Morgan fingerprint density at radius 3 is 2.52 bits per heavy atom. The van der Waals surface area contributed by atoms with E-state index >= 15 is 0 Å². The van der Waals surface area contributed by atoms with E-state index in [1.165, 1.54) is 18.2 Å². The molecule has 23 heavy (non-hydrogen) atoms. The first kappa shape index (κ1) is 15.1. The molecule has 2 aromatic heterocycles. The normalized spacial score (nSPS) is 10.8. The van der Waals surface area contributed by atoms with E-state index in [1.807, 2.05) is 12.1 Å². The lowest BCUT2D eigenvalue weighted by Gasteiger charge is -1.99. The molecule has 0 radical (unpaired) electrons. The summed E-state index contributed by atoms with van der Waals surface area (Å²) >= 11 is 1.54. The van der Waals surface area contributed by atoms with E-state index in [0.717, 1.165) is 15.3 Å². The van der Waals surface area contributed by atoms with Crippen molar-refractivity contribution in [1.82, 2.24) is 4.98 Å². The quantitative estimate of drug-likeness (QED) is 0.713. The van der Waals surface area contributed by atoms with Crippen molar-refractivity contribution >= 4 is 29.0 Å². The maximum atomic E-state index is 12.9. The van der Waals surface area contributed by atoms with Gasteiger partial charge in [0.2, 0.25) is 5.91 Å². The van der Waals surface area contributed by atoms with Gasteiger partial charge in [0, 0.05) is 33.9 Å². The van der Waals surface area contributed by atoms with Crippen LogP contribution in [0, 0.1) is 5.82 Å². The number of benzene rings is 1. The van der Waals surface area contributed by atoms with Crippen molar-refractivity contribution in [3.05, 3.63) is 77.7 Å². The second-order valence-corrected chi connectivity index (χ2v) is 5.88. The third-order valence-corrected chi connectivity index (χ3v) is 4.20. The molecule has 114 valence electrons. The van der Waals surface area contributed by atoms with Gasteiger partial charge in [-0.2, -0.15) is 0 Å². The van der Waals surface area contributed by atoms with Crippen LogP contribution < -0.4 is 5.32 Å². The number of nitrogens with one attached hydrogen (secondary N) is 1. The molecule has 1 amide bonds. The molecule has 0 fully saturated rings. The first-order valence-corrected chi connectivity index (χ1v) is 7.77. The maximum Gasteiger partial charge on any atom is 0.248 e. The summed E-state index contributed by atoms with van der Waals surface area (Å²) in [4.78, 5) is 17.7. The smallest absolute Gasteiger partial charge is 0.248 e. The molecule has 0 saturated heterocycles. The van der Waals surface area contributed by atoms with Crippen LogP contribution in [-0.4, -0.2) is 10.9 Å². The van der Waals surface area contributed by atoms with Crippen molar-refractivity contribution in [2.75, 3.05) is 5.32 Å². The van der Waals surface area contributed by atoms with Crippen molar-refractivity contribution in [2.24, 2.45) is 0 Å². The van der Waals surface area contributed by atoms with Gasteiger partial charge in [0.15, 0.2) is 0 Å². The fourth-order valence-electron chi connectivity index (χ4n) is 1.99. The van der Waals surface area contributed by atoms with E-state index in [-0.39, 0.29) is 11.7 Å². The number of halogens is 1. The number of amides is 1. The van der Waals surface area contributed by atoms with Crippen LogP contribution in [-0.2, 0) is 4.79 Å². The zero-order valence-electron chi connectivity index (χ0n) is 12.1. The van der Waals surface area contributed by atoms with Gasteiger partial charge in [-0.3, -0.25) is 9.78 Å². The largest absolute Gasteiger partial charge is 0.322 e. The lowest BCUT2D eigenvalue weighted by atomic mass is 10.2. The zero-order chi connectivity index (χ0) is 16.1. The average Bonchev–Trinajstić information content (AvgIpc) is 3.04. The Morgan fingerprint density at radius 2 is 1.78 bits per heavy atom. The molecule has 0 saturated carbocycles. The number of carbonyl (C=O) groups excluding carboxylic acids is 1. The molecule has 0 aliphatic heterocycles. The molecule has 0 unspecified atom stereocenters. The number of aromatic nitrogens is 1. The highest BCUT2D eigenvalue weighted by molar-refractivity contribution is 7.16. The molecule has 0 atom stereocenters. The van der Waals surface area contributed by atoms with Crippen LogP contribution in [0.25, 0.3) is 16.5 Å². The summed E-state index contributed by atoms with van der Waals surface area (Å²) < 4.78 is 12.9. The van der Waals surface area contributed by atoms with E-state index in [2.05, 4.69) is 10.3 Å². The highest BCUT2D eigenvalue weighted by Gasteiger charge is 2.02. The van der Waals surface area contributed by atoms with Crippen molar-refractivity contribution in [3.63, 3.8) is 0 Å². The van der Waals surface area contributed by atoms with Gasteiger partial charge in [0.1, 0.15) is 5.82 Å². The molecule has 5 heteroatoms. The van der Waals surface area contributed by atoms with E-state index in [0.29, 0.717) is 5.69 Å². The monoisotopic (exact) mass is 324 g/mol. The van der Waals surface area contributed by atoms with Crippen molar-refractivity contribution in [2.45, 2.75) is 0 Å². The van der Waals surface area contributed by atoms with Gasteiger partial charge in [-0.15, -0.1) is 11.3 Å². The SMILES string of the molecule is O=C(/C=C/c1ccc(-c2ccc(F)cc2)s1)Nc1ccncc1. The second-order valence-electron chi connectivity index (χ2n) is 4.77. The molecule has 0 aliphatic carbocycles. The minimum atomic E-state index is -0.252. The third-order valence-electron chi connectivity index (χ3n) is 3.10. The van der Waals surface area contributed by atoms with E-state index in [1.54, 1.807) is 54.1 Å². The molecule has 1 aromatic carbocycles. The molecule has 3 rings (SSSR count). The fraction of sp³-hybridized carbons (Fsp3) is 0. The van der Waals surface area contributed by atoms with Crippen LogP contribution in [0.5, 0.6) is 0 Å². The van der Waals surface area contributed by atoms with Gasteiger partial charge in [0.05, 0.1) is 0 Å².